The predicted octanol–water partition coefficient (Wildman–Crippen LogP) is 2.61. The number of H-pyrrole nitrogens is 1. The normalized spacial score (nSPS) is 20.1. The molecule has 1 saturated heterocycles. The van der Waals surface area contributed by atoms with Crippen molar-refractivity contribution in [2.75, 3.05) is 11.5 Å². The van der Waals surface area contributed by atoms with E-state index in [4.69, 9.17) is 0 Å². The molecule has 3 rings (SSSR count). The summed E-state index contributed by atoms with van der Waals surface area (Å²) >= 11 is 0. The Balaban J connectivity index is 1.90. The molecule has 0 spiro atoms. The highest BCUT2D eigenvalue weighted by atomic mass is 32.2. The van der Waals surface area contributed by atoms with Gasteiger partial charge in [0.15, 0.2) is 9.84 Å². The van der Waals surface area contributed by atoms with Crippen LogP contribution in [0.3, 0.4) is 0 Å². The minimum atomic E-state index is -4.48. The van der Waals surface area contributed by atoms with E-state index in [2.05, 4.69) is 10.1 Å². The number of hydrogen-bond acceptors (Lipinski definition) is 4. The minimum absolute atomic E-state index is 0.0236. The number of aromatic amines is 1. The largest absolute Gasteiger partial charge is 0.416 e. The number of rotatable bonds is 3. The van der Waals surface area contributed by atoms with E-state index in [1.54, 1.807) is 6.92 Å². The van der Waals surface area contributed by atoms with Gasteiger partial charge in [-0.05, 0) is 31.5 Å². The van der Waals surface area contributed by atoms with Crippen molar-refractivity contribution >= 4 is 21.7 Å². The van der Waals surface area contributed by atoms with E-state index < -0.39 is 33.2 Å². The summed E-state index contributed by atoms with van der Waals surface area (Å²) in [4.78, 5) is 16.5. The molecule has 1 aromatic carbocycles. The number of aryl methyl sites for hydroxylation is 1. The molecule has 1 aromatic heterocycles. The third kappa shape index (κ3) is 3.74. The van der Waals surface area contributed by atoms with Crippen LogP contribution < -0.4 is 5.56 Å². The fourth-order valence-corrected chi connectivity index (χ4v) is 4.57. The maximum atomic E-state index is 12.7. The third-order valence-corrected chi connectivity index (χ3v) is 5.98. The van der Waals surface area contributed by atoms with Gasteiger partial charge in [0.2, 0.25) is 0 Å². The first-order chi connectivity index (χ1) is 12.1. The number of aliphatic imine (C=N–C) groups is 1. The molecular formula is C16H16F3N3O3S. The maximum absolute atomic E-state index is 12.7. The van der Waals surface area contributed by atoms with Crippen molar-refractivity contribution in [1.82, 2.24) is 9.78 Å². The summed E-state index contributed by atoms with van der Waals surface area (Å²) in [5, 5.41) is 2.83. The van der Waals surface area contributed by atoms with Crippen molar-refractivity contribution < 1.29 is 21.6 Å². The first kappa shape index (κ1) is 18.4. The van der Waals surface area contributed by atoms with Crippen LogP contribution in [0.5, 0.6) is 0 Å². The second-order valence-corrected chi connectivity index (χ2v) is 8.42. The lowest BCUT2D eigenvalue weighted by Crippen LogP contribution is -2.25. The van der Waals surface area contributed by atoms with Crippen LogP contribution in [0, 0.1) is 6.92 Å². The van der Waals surface area contributed by atoms with Crippen LogP contribution in [0.1, 0.15) is 29.3 Å². The molecule has 2 heterocycles. The highest BCUT2D eigenvalue weighted by molar-refractivity contribution is 7.91. The molecule has 0 saturated carbocycles. The molecule has 1 aliphatic rings. The standard InChI is InChI=1S/C16H16F3N3O3S/c1-10-14(8-20-12-4-2-3-11(7-12)16(17,18)19)15(23)22(21-10)13-5-6-26(24,25)9-13/h2-4,7-8,13,21H,5-6,9H2,1H3/t13-/m1/s1. The van der Waals surface area contributed by atoms with Gasteiger partial charge < -0.3 is 0 Å². The Labute approximate surface area is 147 Å². The molecule has 1 N–H and O–H groups in total. The van der Waals surface area contributed by atoms with Gasteiger partial charge in [0.05, 0.1) is 34.4 Å². The molecule has 0 bridgehead atoms. The number of aromatic nitrogens is 2. The zero-order valence-corrected chi connectivity index (χ0v) is 14.6. The summed E-state index contributed by atoms with van der Waals surface area (Å²) in [7, 11) is -3.16. The highest BCUT2D eigenvalue weighted by Gasteiger charge is 2.31. The zero-order chi connectivity index (χ0) is 19.1. The number of benzene rings is 1. The molecule has 1 fully saturated rings. The SMILES string of the molecule is Cc1[nH]n([C@@H]2CCS(=O)(=O)C2)c(=O)c1C=Nc1cccc(C(F)(F)F)c1. The van der Waals surface area contributed by atoms with E-state index in [0.29, 0.717) is 12.1 Å². The second-order valence-electron chi connectivity index (χ2n) is 6.19. The molecule has 0 aliphatic carbocycles. The Morgan fingerprint density at radius 1 is 1.35 bits per heavy atom. The zero-order valence-electron chi connectivity index (χ0n) is 13.7. The topological polar surface area (TPSA) is 84.3 Å². The smallest absolute Gasteiger partial charge is 0.299 e. The van der Waals surface area contributed by atoms with Gasteiger partial charge in [0.25, 0.3) is 5.56 Å². The van der Waals surface area contributed by atoms with Crippen molar-refractivity contribution in [1.29, 1.82) is 0 Å². The number of alkyl halides is 3. The molecule has 1 aliphatic heterocycles. The Bertz CT molecular complexity index is 1020. The molecule has 2 aromatic rings. The van der Waals surface area contributed by atoms with E-state index >= 15 is 0 Å². The van der Waals surface area contributed by atoms with Crippen LogP contribution in [-0.4, -0.2) is 35.9 Å². The van der Waals surface area contributed by atoms with Gasteiger partial charge >= 0.3 is 6.18 Å². The number of halogens is 3. The molecular weight excluding hydrogens is 371 g/mol. The summed E-state index contributed by atoms with van der Waals surface area (Å²) in [6.45, 7) is 1.62. The van der Waals surface area contributed by atoms with Crippen LogP contribution in [0.4, 0.5) is 18.9 Å². The van der Waals surface area contributed by atoms with Crippen LogP contribution in [0.25, 0.3) is 0 Å². The van der Waals surface area contributed by atoms with E-state index in [0.717, 1.165) is 12.1 Å². The van der Waals surface area contributed by atoms with Gasteiger partial charge in [-0.3, -0.25) is 14.9 Å². The summed E-state index contributed by atoms with van der Waals surface area (Å²) in [6.07, 6.45) is -2.94. The van der Waals surface area contributed by atoms with Crippen molar-refractivity contribution in [2.45, 2.75) is 25.6 Å². The molecule has 0 amide bonds. The maximum Gasteiger partial charge on any atom is 0.416 e. The first-order valence-electron chi connectivity index (χ1n) is 7.80. The Hall–Kier alpha value is -2.36. The molecule has 0 radical (unpaired) electrons. The molecule has 0 unspecified atom stereocenters. The number of hydrogen-bond donors (Lipinski definition) is 1. The van der Waals surface area contributed by atoms with Gasteiger partial charge in [-0.1, -0.05) is 6.07 Å². The lowest BCUT2D eigenvalue weighted by atomic mass is 10.2. The third-order valence-electron chi connectivity index (χ3n) is 4.23. The van der Waals surface area contributed by atoms with E-state index in [-0.39, 0.29) is 22.8 Å². The number of nitrogens with zero attached hydrogens (tertiary/aromatic N) is 2. The van der Waals surface area contributed by atoms with Crippen LogP contribution >= 0.6 is 0 Å². The molecule has 10 heteroatoms. The Morgan fingerprint density at radius 2 is 2.08 bits per heavy atom. The first-order valence-corrected chi connectivity index (χ1v) is 9.62. The predicted molar refractivity (Wildman–Crippen MR) is 90.8 cm³/mol. The van der Waals surface area contributed by atoms with Crippen LogP contribution in [-0.2, 0) is 16.0 Å². The van der Waals surface area contributed by atoms with Gasteiger partial charge in [0, 0.05) is 11.9 Å². The average Bonchev–Trinajstić information content (AvgIpc) is 3.04. The van der Waals surface area contributed by atoms with Crippen molar-refractivity contribution in [3.05, 3.63) is 51.4 Å². The van der Waals surface area contributed by atoms with E-state index in [9.17, 15) is 26.4 Å². The van der Waals surface area contributed by atoms with E-state index in [1.165, 1.54) is 23.0 Å². The van der Waals surface area contributed by atoms with Gasteiger partial charge in [-0.25, -0.2) is 13.1 Å². The van der Waals surface area contributed by atoms with Crippen LogP contribution in [0.2, 0.25) is 0 Å². The summed E-state index contributed by atoms with van der Waals surface area (Å²) in [5.41, 5.74) is -0.552. The van der Waals surface area contributed by atoms with Gasteiger partial charge in [-0.2, -0.15) is 13.2 Å². The number of nitrogens with one attached hydrogen (secondary N) is 1. The molecule has 6 nitrogen and oxygen atoms in total. The summed E-state index contributed by atoms with van der Waals surface area (Å²) in [6, 6.07) is 3.99. The molecule has 1 atom stereocenters. The number of sulfone groups is 1. The fraction of sp³-hybridized carbons (Fsp3) is 0.375. The lowest BCUT2D eigenvalue weighted by molar-refractivity contribution is -0.137. The Morgan fingerprint density at radius 3 is 2.69 bits per heavy atom. The van der Waals surface area contributed by atoms with Crippen molar-refractivity contribution in [2.24, 2.45) is 4.99 Å². The van der Waals surface area contributed by atoms with Crippen molar-refractivity contribution in [3.63, 3.8) is 0 Å². The summed E-state index contributed by atoms with van der Waals surface area (Å²) < 4.78 is 62.7. The highest BCUT2D eigenvalue weighted by Crippen LogP contribution is 2.31. The average molecular weight is 387 g/mol. The fourth-order valence-electron chi connectivity index (χ4n) is 2.87. The summed E-state index contributed by atoms with van der Waals surface area (Å²) in [5.74, 6) is -0.0904. The van der Waals surface area contributed by atoms with Crippen molar-refractivity contribution in [3.8, 4) is 0 Å². The Kier molecular flexibility index (Phi) is 4.55. The monoisotopic (exact) mass is 387 g/mol. The van der Waals surface area contributed by atoms with Crippen LogP contribution in [0.15, 0.2) is 34.1 Å². The minimum Gasteiger partial charge on any atom is -0.299 e. The molecule has 26 heavy (non-hydrogen) atoms. The van der Waals surface area contributed by atoms with Gasteiger partial charge in [0.1, 0.15) is 0 Å². The van der Waals surface area contributed by atoms with E-state index in [1.807, 2.05) is 0 Å². The second kappa shape index (κ2) is 6.42. The quantitative estimate of drug-likeness (QED) is 0.822. The van der Waals surface area contributed by atoms with Gasteiger partial charge in [-0.15, -0.1) is 0 Å². The molecule has 140 valence electrons. The lowest BCUT2D eigenvalue weighted by Gasteiger charge is -2.07.